The van der Waals surface area contributed by atoms with Crippen molar-refractivity contribution in [3.8, 4) is 11.3 Å². The number of rotatable bonds is 6. The fraction of sp³-hybridized carbons (Fsp3) is 0.400. The Morgan fingerprint density at radius 3 is 2.71 bits per heavy atom. The Kier molecular flexibility index (Phi) is 6.07. The van der Waals surface area contributed by atoms with E-state index in [0.29, 0.717) is 6.54 Å². The monoisotopic (exact) mass is 419 g/mol. The summed E-state index contributed by atoms with van der Waals surface area (Å²) in [5.74, 6) is 0.126. The predicted octanol–water partition coefficient (Wildman–Crippen LogP) is 4.73. The van der Waals surface area contributed by atoms with Crippen LogP contribution in [-0.2, 0) is 14.3 Å². The van der Waals surface area contributed by atoms with Crippen molar-refractivity contribution in [3.63, 3.8) is 0 Å². The van der Waals surface area contributed by atoms with Crippen molar-refractivity contribution in [2.24, 2.45) is 11.8 Å². The van der Waals surface area contributed by atoms with Gasteiger partial charge in [0.25, 0.3) is 0 Å². The van der Waals surface area contributed by atoms with E-state index in [9.17, 15) is 9.59 Å². The molecule has 0 bridgehead atoms. The zero-order valence-electron chi connectivity index (χ0n) is 18.3. The maximum Gasteiger partial charge on any atom is 0.306 e. The van der Waals surface area contributed by atoms with Gasteiger partial charge in [0.05, 0.1) is 37.4 Å². The number of carbonyl (C=O) groups excluding carboxylic acids is 2. The van der Waals surface area contributed by atoms with E-state index < -0.39 is 0 Å². The average Bonchev–Trinajstić information content (AvgIpc) is 3.45. The lowest BCUT2D eigenvalue weighted by molar-refractivity contribution is -0.148. The number of H-pyrrole nitrogens is 1. The molecule has 4 rings (SSSR count). The maximum absolute atomic E-state index is 13.3. The quantitative estimate of drug-likeness (QED) is 0.586. The molecule has 2 heterocycles. The number of hydrogen-bond donors (Lipinski definition) is 1. The van der Waals surface area contributed by atoms with Crippen LogP contribution in [0, 0.1) is 11.8 Å². The molecule has 162 valence electrons. The Labute approximate surface area is 182 Å². The predicted molar refractivity (Wildman–Crippen MR) is 120 cm³/mol. The first-order valence-electron chi connectivity index (χ1n) is 10.9. The summed E-state index contributed by atoms with van der Waals surface area (Å²) in [7, 11) is 1.36. The average molecular weight is 420 g/mol. The number of aromatic amines is 1. The molecule has 1 fully saturated rings. The Morgan fingerprint density at radius 1 is 1.19 bits per heavy atom. The molecule has 6 heteroatoms. The van der Waals surface area contributed by atoms with Crippen molar-refractivity contribution in [2.45, 2.75) is 39.2 Å². The van der Waals surface area contributed by atoms with Crippen LogP contribution in [0.4, 0.5) is 0 Å². The zero-order valence-corrected chi connectivity index (χ0v) is 18.3. The number of carbonyl (C=O) groups is 2. The van der Waals surface area contributed by atoms with Crippen LogP contribution in [0.2, 0.25) is 0 Å². The van der Waals surface area contributed by atoms with E-state index >= 15 is 0 Å². The molecule has 3 aromatic rings. The maximum atomic E-state index is 13.3. The van der Waals surface area contributed by atoms with Crippen molar-refractivity contribution < 1.29 is 14.3 Å². The van der Waals surface area contributed by atoms with Gasteiger partial charge in [-0.1, -0.05) is 50.2 Å². The fourth-order valence-corrected chi connectivity index (χ4v) is 4.41. The number of hydrogen-bond acceptors (Lipinski definition) is 4. The van der Waals surface area contributed by atoms with E-state index in [0.717, 1.165) is 29.9 Å². The third-order valence-electron chi connectivity index (χ3n) is 6.24. The normalized spacial score (nSPS) is 17.3. The first kappa shape index (κ1) is 21.1. The molecule has 31 heavy (non-hydrogen) atoms. The molecule has 2 atom stereocenters. The molecular formula is C25H29N3O3. The highest BCUT2D eigenvalue weighted by Gasteiger charge is 2.37. The molecule has 1 aromatic heterocycles. The minimum atomic E-state index is -0.386. The van der Waals surface area contributed by atoms with Gasteiger partial charge in [0.2, 0.25) is 5.91 Å². The summed E-state index contributed by atoms with van der Waals surface area (Å²) in [5.41, 5.74) is 2.01. The summed E-state index contributed by atoms with van der Waals surface area (Å²) in [6, 6.07) is 14.5. The number of amides is 1. The summed E-state index contributed by atoms with van der Waals surface area (Å²) in [6.45, 7) is 4.63. The number of nitrogens with one attached hydrogen (secondary N) is 1. The largest absolute Gasteiger partial charge is 0.469 e. The van der Waals surface area contributed by atoms with Crippen LogP contribution in [-0.4, -0.2) is 40.4 Å². The number of methoxy groups -OCH3 is 1. The molecule has 1 amide bonds. The van der Waals surface area contributed by atoms with E-state index in [1.54, 1.807) is 0 Å². The smallest absolute Gasteiger partial charge is 0.306 e. The third kappa shape index (κ3) is 4.33. The first-order valence-corrected chi connectivity index (χ1v) is 10.9. The van der Waals surface area contributed by atoms with E-state index in [4.69, 9.17) is 4.74 Å². The lowest BCUT2D eigenvalue weighted by Gasteiger charge is -2.29. The highest BCUT2D eigenvalue weighted by Crippen LogP contribution is 2.34. The van der Waals surface area contributed by atoms with Crippen molar-refractivity contribution in [2.75, 3.05) is 13.7 Å². The van der Waals surface area contributed by atoms with Gasteiger partial charge in [-0.3, -0.25) is 9.59 Å². The van der Waals surface area contributed by atoms with Crippen molar-refractivity contribution >= 4 is 22.6 Å². The Balaban J connectivity index is 1.57. The third-order valence-corrected chi connectivity index (χ3v) is 6.24. The van der Waals surface area contributed by atoms with Crippen molar-refractivity contribution in [1.82, 2.24) is 14.9 Å². The van der Waals surface area contributed by atoms with Gasteiger partial charge in [-0.2, -0.15) is 0 Å². The molecule has 0 saturated carbocycles. The number of benzene rings is 2. The second kappa shape index (κ2) is 8.92. The minimum absolute atomic E-state index is 0.00607. The summed E-state index contributed by atoms with van der Waals surface area (Å²) in [4.78, 5) is 35.1. The fourth-order valence-electron chi connectivity index (χ4n) is 4.41. The van der Waals surface area contributed by atoms with Crippen LogP contribution >= 0.6 is 0 Å². The minimum Gasteiger partial charge on any atom is -0.469 e. The standard InChI is InChI=1S/C25H29N3O3/c1-16(2)20(14-23(29)31-3)25(30)28-12-6-9-22(28)24-26-15-21(27-24)19-11-10-17-7-4-5-8-18(17)13-19/h4-5,7-8,10-11,13,15-16,20,22H,6,9,12,14H2,1-3H3,(H,26,27)/t20-,22-/m0/s1. The molecule has 6 nitrogen and oxygen atoms in total. The Morgan fingerprint density at radius 2 is 1.97 bits per heavy atom. The van der Waals surface area contributed by atoms with Crippen LogP contribution in [0.1, 0.15) is 45.0 Å². The number of ether oxygens (including phenoxy) is 1. The van der Waals surface area contributed by atoms with Gasteiger partial charge in [-0.05, 0) is 35.6 Å². The van der Waals surface area contributed by atoms with Crippen LogP contribution in [0.25, 0.3) is 22.0 Å². The number of aromatic nitrogens is 2. The van der Waals surface area contributed by atoms with Gasteiger partial charge in [0, 0.05) is 12.1 Å². The van der Waals surface area contributed by atoms with E-state index in [-0.39, 0.29) is 36.2 Å². The number of imidazole rings is 1. The van der Waals surface area contributed by atoms with Crippen LogP contribution in [0.15, 0.2) is 48.7 Å². The highest BCUT2D eigenvalue weighted by molar-refractivity contribution is 5.87. The molecule has 0 radical (unpaired) electrons. The zero-order chi connectivity index (χ0) is 22.0. The number of fused-ring (bicyclic) bond motifs is 1. The lowest BCUT2D eigenvalue weighted by Crippen LogP contribution is -2.39. The second-order valence-corrected chi connectivity index (χ2v) is 8.56. The van der Waals surface area contributed by atoms with Crippen LogP contribution < -0.4 is 0 Å². The first-order chi connectivity index (χ1) is 15.0. The van der Waals surface area contributed by atoms with Crippen LogP contribution in [0.3, 0.4) is 0 Å². The molecule has 0 unspecified atom stereocenters. The van der Waals surface area contributed by atoms with Gasteiger partial charge in [0.1, 0.15) is 5.82 Å². The molecule has 1 saturated heterocycles. The summed E-state index contributed by atoms with van der Waals surface area (Å²) < 4.78 is 4.81. The lowest BCUT2D eigenvalue weighted by atomic mass is 9.91. The van der Waals surface area contributed by atoms with E-state index in [1.165, 1.54) is 17.9 Å². The van der Waals surface area contributed by atoms with Crippen molar-refractivity contribution in [1.29, 1.82) is 0 Å². The number of nitrogens with zero attached hydrogens (tertiary/aromatic N) is 2. The molecule has 0 spiro atoms. The number of esters is 1. The summed E-state index contributed by atoms with van der Waals surface area (Å²) >= 11 is 0. The number of likely N-dealkylation sites (tertiary alicyclic amines) is 1. The van der Waals surface area contributed by atoms with Crippen LogP contribution in [0.5, 0.6) is 0 Å². The molecule has 1 aliphatic rings. The van der Waals surface area contributed by atoms with Gasteiger partial charge in [0.15, 0.2) is 0 Å². The molecule has 0 aliphatic carbocycles. The second-order valence-electron chi connectivity index (χ2n) is 8.56. The molecule has 2 aromatic carbocycles. The van der Waals surface area contributed by atoms with Gasteiger partial charge in [-0.25, -0.2) is 4.98 Å². The highest BCUT2D eigenvalue weighted by atomic mass is 16.5. The topological polar surface area (TPSA) is 75.3 Å². The van der Waals surface area contributed by atoms with E-state index in [1.807, 2.05) is 37.1 Å². The molecule has 1 N–H and O–H groups in total. The van der Waals surface area contributed by atoms with Gasteiger partial charge >= 0.3 is 5.97 Å². The van der Waals surface area contributed by atoms with Crippen molar-refractivity contribution in [3.05, 3.63) is 54.5 Å². The molecular weight excluding hydrogens is 390 g/mol. The Hall–Kier alpha value is -3.15. The summed E-state index contributed by atoms with van der Waals surface area (Å²) in [5, 5.41) is 2.38. The van der Waals surface area contributed by atoms with Gasteiger partial charge < -0.3 is 14.6 Å². The summed E-state index contributed by atoms with van der Waals surface area (Å²) in [6.07, 6.45) is 3.73. The SMILES string of the molecule is COC(=O)C[C@H](C(=O)N1CCC[C@H]1c1ncc(-c2ccc3ccccc3c2)[nH]1)C(C)C. The van der Waals surface area contributed by atoms with Gasteiger partial charge in [-0.15, -0.1) is 0 Å². The molecule has 1 aliphatic heterocycles. The Bertz CT molecular complexity index is 1090. The van der Waals surface area contributed by atoms with E-state index in [2.05, 4.69) is 40.3 Å².